The normalized spacial score (nSPS) is 33.9. The van der Waals surface area contributed by atoms with Crippen molar-refractivity contribution in [3.8, 4) is 0 Å². The number of fused-ring (bicyclic) bond motifs is 3. The largest absolute Gasteiger partial charge is 0.391 e. The Morgan fingerprint density at radius 2 is 2.24 bits per heavy atom. The smallest absolute Gasteiger partial charge is 0.0897 e. The monoisotopic (exact) mass is 253 g/mol. The van der Waals surface area contributed by atoms with E-state index >= 15 is 0 Å². The zero-order chi connectivity index (χ0) is 11.8. The van der Waals surface area contributed by atoms with E-state index in [1.54, 1.807) is 11.3 Å². The van der Waals surface area contributed by atoms with Gasteiger partial charge in [-0.25, -0.2) is 4.98 Å². The average Bonchev–Trinajstić information content (AvgIpc) is 2.76. The molecule has 0 aliphatic carbocycles. The number of rotatable bonds is 3. The molecule has 0 radical (unpaired) electrons. The molecule has 2 unspecified atom stereocenters. The highest BCUT2D eigenvalue weighted by molar-refractivity contribution is 7.09. The van der Waals surface area contributed by atoms with E-state index in [1.807, 2.05) is 6.92 Å². The first-order valence-electron chi connectivity index (χ1n) is 6.28. The molecule has 4 heterocycles. The second kappa shape index (κ2) is 4.65. The van der Waals surface area contributed by atoms with E-state index in [4.69, 9.17) is 0 Å². The molecule has 2 bridgehead atoms. The number of hydrogen-bond acceptors (Lipinski definition) is 5. The minimum Gasteiger partial charge on any atom is -0.391 e. The maximum Gasteiger partial charge on any atom is 0.0897 e. The summed E-state index contributed by atoms with van der Waals surface area (Å²) in [5, 5.41) is 13.5. The van der Waals surface area contributed by atoms with Gasteiger partial charge in [-0.15, -0.1) is 11.3 Å². The van der Waals surface area contributed by atoms with Gasteiger partial charge >= 0.3 is 0 Å². The summed E-state index contributed by atoms with van der Waals surface area (Å²) in [7, 11) is 0. The number of aliphatic hydroxyl groups is 1. The molecule has 1 aromatic heterocycles. The molecule has 4 nitrogen and oxygen atoms in total. The molecule has 3 aliphatic heterocycles. The van der Waals surface area contributed by atoms with Crippen LogP contribution in [0.5, 0.6) is 0 Å². The lowest BCUT2D eigenvalue weighted by molar-refractivity contribution is -0.0455. The van der Waals surface area contributed by atoms with Crippen molar-refractivity contribution in [1.29, 1.82) is 0 Å². The number of piperazine rings is 3. The van der Waals surface area contributed by atoms with Crippen molar-refractivity contribution in [2.24, 2.45) is 0 Å². The van der Waals surface area contributed by atoms with Gasteiger partial charge in [-0.05, 0) is 6.92 Å². The summed E-state index contributed by atoms with van der Waals surface area (Å²) < 4.78 is 0. The highest BCUT2D eigenvalue weighted by Crippen LogP contribution is 2.20. The van der Waals surface area contributed by atoms with Crippen molar-refractivity contribution in [2.45, 2.75) is 25.5 Å². The van der Waals surface area contributed by atoms with Crippen LogP contribution in [0.2, 0.25) is 0 Å². The quantitative estimate of drug-likeness (QED) is 0.844. The van der Waals surface area contributed by atoms with Gasteiger partial charge in [0.25, 0.3) is 0 Å². The Morgan fingerprint density at radius 3 is 2.76 bits per heavy atom. The highest BCUT2D eigenvalue weighted by atomic mass is 32.1. The predicted molar refractivity (Wildman–Crippen MR) is 68.4 cm³/mol. The third-order valence-electron chi connectivity index (χ3n) is 3.85. The summed E-state index contributed by atoms with van der Waals surface area (Å²) >= 11 is 1.66. The van der Waals surface area contributed by atoms with Crippen LogP contribution < -0.4 is 0 Å². The summed E-state index contributed by atoms with van der Waals surface area (Å²) in [5.74, 6) is 0. The van der Waals surface area contributed by atoms with Crippen LogP contribution in [0.25, 0.3) is 0 Å². The van der Waals surface area contributed by atoms with E-state index in [9.17, 15) is 5.11 Å². The van der Waals surface area contributed by atoms with Crippen molar-refractivity contribution in [1.82, 2.24) is 14.8 Å². The third kappa shape index (κ3) is 2.38. The lowest BCUT2D eigenvalue weighted by atomic mass is 9.99. The molecule has 3 saturated heterocycles. The fourth-order valence-electron chi connectivity index (χ4n) is 2.87. The Kier molecular flexibility index (Phi) is 3.17. The van der Waals surface area contributed by atoms with Gasteiger partial charge < -0.3 is 5.11 Å². The van der Waals surface area contributed by atoms with Crippen LogP contribution in [0.15, 0.2) is 5.38 Å². The topological polar surface area (TPSA) is 39.6 Å². The second-order valence-electron chi connectivity index (χ2n) is 5.03. The van der Waals surface area contributed by atoms with Gasteiger partial charge in [0.05, 0.1) is 16.8 Å². The van der Waals surface area contributed by atoms with E-state index in [-0.39, 0.29) is 6.10 Å². The Balaban J connectivity index is 1.64. The summed E-state index contributed by atoms with van der Waals surface area (Å²) in [5.41, 5.74) is 1.04. The van der Waals surface area contributed by atoms with Crippen LogP contribution in [0, 0.1) is 6.92 Å². The van der Waals surface area contributed by atoms with Gasteiger partial charge in [-0.2, -0.15) is 0 Å². The Bertz CT molecular complexity index is 387. The number of aliphatic hydroxyl groups excluding tert-OH is 1. The molecule has 5 heteroatoms. The molecule has 94 valence electrons. The molecule has 17 heavy (non-hydrogen) atoms. The van der Waals surface area contributed by atoms with Crippen molar-refractivity contribution < 1.29 is 5.11 Å². The average molecular weight is 253 g/mol. The summed E-state index contributed by atoms with van der Waals surface area (Å²) in [6, 6.07) is 0.305. The van der Waals surface area contributed by atoms with E-state index in [0.717, 1.165) is 30.3 Å². The number of thiazole rings is 1. The molecule has 0 aromatic carbocycles. The van der Waals surface area contributed by atoms with Gasteiger partial charge in [0.2, 0.25) is 0 Å². The predicted octanol–water partition coefficient (Wildman–Crippen LogP) is 0.355. The first-order valence-corrected chi connectivity index (χ1v) is 7.16. The second-order valence-corrected chi connectivity index (χ2v) is 6.10. The molecular formula is C12H19N3OS. The van der Waals surface area contributed by atoms with E-state index in [0.29, 0.717) is 12.5 Å². The van der Waals surface area contributed by atoms with E-state index in [1.165, 1.54) is 13.1 Å². The molecule has 1 N–H and O–H groups in total. The lowest BCUT2D eigenvalue weighted by Crippen LogP contribution is -2.64. The SMILES string of the molecule is Cc1nc(CC(O)C2CN3CCN2CC3)cs1. The van der Waals surface area contributed by atoms with Gasteiger partial charge in [-0.1, -0.05) is 0 Å². The molecule has 4 rings (SSSR count). The summed E-state index contributed by atoms with van der Waals surface area (Å²) in [4.78, 5) is 9.33. The standard InChI is InChI=1S/C12H19N3OS/c1-9-13-10(8-17-9)6-12(16)11-7-14-2-4-15(11)5-3-14/h8,11-12,16H,2-7H2,1H3. The Labute approximate surface area is 106 Å². The number of hydrogen-bond donors (Lipinski definition) is 1. The Morgan fingerprint density at radius 1 is 1.47 bits per heavy atom. The molecule has 0 saturated carbocycles. The van der Waals surface area contributed by atoms with Crippen molar-refractivity contribution >= 4 is 11.3 Å². The van der Waals surface area contributed by atoms with Crippen LogP contribution in [0.3, 0.4) is 0 Å². The maximum atomic E-state index is 10.4. The van der Waals surface area contributed by atoms with Crippen molar-refractivity contribution in [3.63, 3.8) is 0 Å². The van der Waals surface area contributed by atoms with Crippen molar-refractivity contribution in [3.05, 3.63) is 16.1 Å². The van der Waals surface area contributed by atoms with Gasteiger partial charge in [0.15, 0.2) is 0 Å². The molecule has 3 fully saturated rings. The first-order chi connectivity index (χ1) is 8.22. The van der Waals surface area contributed by atoms with Gasteiger partial charge in [0, 0.05) is 50.6 Å². The van der Waals surface area contributed by atoms with Crippen molar-refractivity contribution in [2.75, 3.05) is 32.7 Å². The van der Waals surface area contributed by atoms with Crippen LogP contribution >= 0.6 is 11.3 Å². The van der Waals surface area contributed by atoms with Crippen LogP contribution in [-0.4, -0.2) is 64.8 Å². The molecular weight excluding hydrogens is 234 g/mol. The van der Waals surface area contributed by atoms with Gasteiger partial charge in [0.1, 0.15) is 0 Å². The minimum absolute atomic E-state index is 0.278. The van der Waals surface area contributed by atoms with E-state index < -0.39 is 0 Å². The zero-order valence-corrected chi connectivity index (χ0v) is 11.0. The minimum atomic E-state index is -0.278. The van der Waals surface area contributed by atoms with Crippen LogP contribution in [0.4, 0.5) is 0 Å². The number of nitrogens with zero attached hydrogens (tertiary/aromatic N) is 3. The van der Waals surface area contributed by atoms with Crippen LogP contribution in [0.1, 0.15) is 10.7 Å². The number of aromatic nitrogens is 1. The molecule has 2 atom stereocenters. The Hall–Kier alpha value is -0.490. The lowest BCUT2D eigenvalue weighted by Gasteiger charge is -2.49. The molecule has 1 aromatic rings. The highest BCUT2D eigenvalue weighted by Gasteiger charge is 2.36. The maximum absolute atomic E-state index is 10.4. The summed E-state index contributed by atoms with van der Waals surface area (Å²) in [6.45, 7) is 7.58. The molecule has 3 aliphatic rings. The summed E-state index contributed by atoms with van der Waals surface area (Å²) in [6.07, 6.45) is 0.416. The number of aryl methyl sites for hydroxylation is 1. The first kappa shape index (κ1) is 11.6. The molecule has 0 amide bonds. The fourth-order valence-corrected chi connectivity index (χ4v) is 3.50. The van der Waals surface area contributed by atoms with E-state index in [2.05, 4.69) is 20.2 Å². The fraction of sp³-hybridized carbons (Fsp3) is 0.750. The van der Waals surface area contributed by atoms with Crippen LogP contribution in [-0.2, 0) is 6.42 Å². The van der Waals surface area contributed by atoms with Gasteiger partial charge in [-0.3, -0.25) is 9.80 Å². The molecule has 0 spiro atoms. The third-order valence-corrected chi connectivity index (χ3v) is 4.67. The zero-order valence-electron chi connectivity index (χ0n) is 10.2.